The topological polar surface area (TPSA) is 99.3 Å². The van der Waals surface area contributed by atoms with E-state index in [0.717, 1.165) is 5.56 Å². The summed E-state index contributed by atoms with van der Waals surface area (Å²) in [6, 6.07) is 14.4. The number of hydrogen-bond donors (Lipinski definition) is 1. The molecule has 0 aromatic heterocycles. The van der Waals surface area contributed by atoms with Gasteiger partial charge in [-0.3, -0.25) is 9.80 Å². The molecule has 1 fully saturated rings. The zero-order chi connectivity index (χ0) is 25.9. The second kappa shape index (κ2) is 11.0. The Labute approximate surface area is 216 Å². The number of likely N-dealkylation sites (N-methyl/N-ethyl adjacent to an activating group) is 1. The summed E-state index contributed by atoms with van der Waals surface area (Å²) >= 11 is 5.90. The van der Waals surface area contributed by atoms with Gasteiger partial charge in [0.2, 0.25) is 10.0 Å². The minimum absolute atomic E-state index is 0.196. The van der Waals surface area contributed by atoms with Crippen molar-refractivity contribution in [2.45, 2.75) is 17.9 Å². The minimum atomic E-state index is -3.64. The van der Waals surface area contributed by atoms with Gasteiger partial charge in [0.25, 0.3) is 0 Å². The number of halogens is 1. The second-order valence-corrected chi connectivity index (χ2v) is 10.9. The number of ether oxygens (including phenoxy) is 1. The molecule has 0 saturated carbocycles. The van der Waals surface area contributed by atoms with E-state index in [2.05, 4.69) is 5.32 Å². The Morgan fingerprint density at radius 2 is 1.69 bits per heavy atom. The molecule has 1 atom stereocenters. The number of rotatable bonds is 7. The van der Waals surface area contributed by atoms with Crippen molar-refractivity contribution >= 4 is 33.6 Å². The van der Waals surface area contributed by atoms with Crippen LogP contribution in [0.25, 0.3) is 0 Å². The van der Waals surface area contributed by atoms with E-state index in [1.807, 2.05) is 35.2 Å². The molecular weight excluding hydrogens is 504 g/mol. The minimum Gasteiger partial charge on any atom is -0.463 e. The fraction of sp³-hybridized carbons (Fsp3) is 0.360. The molecular formula is C25H29ClN4O5S. The molecule has 192 valence electrons. The normalized spacial score (nSPS) is 19.8. The summed E-state index contributed by atoms with van der Waals surface area (Å²) in [7, 11) is -2.03. The number of piperazine rings is 1. The van der Waals surface area contributed by atoms with Gasteiger partial charge in [0, 0.05) is 50.5 Å². The summed E-state index contributed by atoms with van der Waals surface area (Å²) < 4.78 is 32.9. The van der Waals surface area contributed by atoms with Crippen LogP contribution in [-0.4, -0.2) is 80.9 Å². The molecule has 2 amide bonds. The average Bonchev–Trinajstić information content (AvgIpc) is 2.88. The number of amides is 2. The fourth-order valence-electron chi connectivity index (χ4n) is 4.39. The van der Waals surface area contributed by atoms with Crippen LogP contribution in [0.3, 0.4) is 0 Å². The highest BCUT2D eigenvalue weighted by atomic mass is 35.5. The third-order valence-electron chi connectivity index (χ3n) is 6.36. The number of urea groups is 1. The lowest BCUT2D eigenvalue weighted by Gasteiger charge is -2.39. The molecule has 2 aromatic rings. The third-order valence-corrected chi connectivity index (χ3v) is 8.53. The van der Waals surface area contributed by atoms with Crippen molar-refractivity contribution in [3.63, 3.8) is 0 Å². The molecule has 0 aliphatic carbocycles. The zero-order valence-corrected chi connectivity index (χ0v) is 21.8. The SMILES string of the molecule is CCOC(=O)C1=C(CN2CCN(S(=O)(=O)c3ccc(Cl)cc3)CC2)N(C)C(=O)NC1c1ccccc1. The molecule has 2 aliphatic rings. The van der Waals surface area contributed by atoms with Crippen molar-refractivity contribution in [3.05, 3.63) is 76.5 Å². The fourth-order valence-corrected chi connectivity index (χ4v) is 5.94. The van der Waals surface area contributed by atoms with Crippen molar-refractivity contribution in [3.8, 4) is 0 Å². The van der Waals surface area contributed by atoms with Gasteiger partial charge in [-0.25, -0.2) is 18.0 Å². The lowest BCUT2D eigenvalue weighted by Crippen LogP contribution is -2.53. The van der Waals surface area contributed by atoms with Gasteiger partial charge in [-0.1, -0.05) is 41.9 Å². The number of carbonyl (C=O) groups excluding carboxylic acids is 2. The molecule has 0 bridgehead atoms. The van der Waals surface area contributed by atoms with Gasteiger partial charge in [-0.15, -0.1) is 0 Å². The molecule has 36 heavy (non-hydrogen) atoms. The Bertz CT molecular complexity index is 1240. The van der Waals surface area contributed by atoms with Crippen LogP contribution in [0.5, 0.6) is 0 Å². The van der Waals surface area contributed by atoms with Crippen molar-refractivity contribution in [2.75, 3.05) is 46.4 Å². The van der Waals surface area contributed by atoms with Crippen LogP contribution < -0.4 is 5.32 Å². The van der Waals surface area contributed by atoms with E-state index in [-0.39, 0.29) is 30.6 Å². The van der Waals surface area contributed by atoms with E-state index in [4.69, 9.17) is 16.3 Å². The largest absolute Gasteiger partial charge is 0.463 e. The van der Waals surface area contributed by atoms with Gasteiger partial charge < -0.3 is 10.1 Å². The predicted octanol–water partition coefficient (Wildman–Crippen LogP) is 2.86. The van der Waals surface area contributed by atoms with Crippen LogP contribution in [-0.2, 0) is 19.6 Å². The van der Waals surface area contributed by atoms with Gasteiger partial charge in [-0.05, 0) is 36.8 Å². The van der Waals surface area contributed by atoms with E-state index < -0.39 is 22.0 Å². The highest BCUT2D eigenvalue weighted by molar-refractivity contribution is 7.89. The molecule has 1 N–H and O–H groups in total. The number of carbonyl (C=O) groups is 2. The lowest BCUT2D eigenvalue weighted by atomic mass is 9.94. The van der Waals surface area contributed by atoms with Crippen LogP contribution in [0.4, 0.5) is 4.79 Å². The first-order valence-corrected chi connectivity index (χ1v) is 13.5. The monoisotopic (exact) mass is 532 g/mol. The van der Waals surface area contributed by atoms with E-state index in [9.17, 15) is 18.0 Å². The molecule has 9 nitrogen and oxygen atoms in total. The van der Waals surface area contributed by atoms with Crippen LogP contribution in [0.2, 0.25) is 5.02 Å². The molecule has 0 spiro atoms. The standard InChI is InChI=1S/C25H29ClN4O5S/c1-3-35-24(31)22-21(28(2)25(32)27-23(22)18-7-5-4-6-8-18)17-29-13-15-30(16-14-29)36(33,34)20-11-9-19(26)10-12-20/h4-12,23H,3,13-17H2,1-2H3,(H,27,32). The Balaban J connectivity index is 1.57. The van der Waals surface area contributed by atoms with Gasteiger partial charge in [0.1, 0.15) is 0 Å². The quantitative estimate of drug-likeness (QED) is 0.551. The second-order valence-electron chi connectivity index (χ2n) is 8.57. The van der Waals surface area contributed by atoms with Crippen LogP contribution in [0.1, 0.15) is 18.5 Å². The van der Waals surface area contributed by atoms with E-state index in [1.165, 1.54) is 21.3 Å². The van der Waals surface area contributed by atoms with E-state index >= 15 is 0 Å². The first-order valence-electron chi connectivity index (χ1n) is 11.7. The summed E-state index contributed by atoms with van der Waals surface area (Å²) in [6.07, 6.45) is 0. The van der Waals surface area contributed by atoms with Crippen LogP contribution >= 0.6 is 11.6 Å². The van der Waals surface area contributed by atoms with Crippen LogP contribution in [0.15, 0.2) is 70.8 Å². The molecule has 11 heteroatoms. The molecule has 2 aliphatic heterocycles. The first-order chi connectivity index (χ1) is 17.2. The van der Waals surface area contributed by atoms with Gasteiger partial charge in [0.05, 0.1) is 23.1 Å². The average molecular weight is 533 g/mol. The lowest BCUT2D eigenvalue weighted by molar-refractivity contribution is -0.139. The zero-order valence-electron chi connectivity index (χ0n) is 20.2. The Hall–Kier alpha value is -2.92. The maximum Gasteiger partial charge on any atom is 0.338 e. The highest BCUT2D eigenvalue weighted by Crippen LogP contribution is 2.31. The third kappa shape index (κ3) is 5.41. The molecule has 1 unspecified atom stereocenters. The van der Waals surface area contributed by atoms with Crippen LogP contribution in [0, 0.1) is 0 Å². The molecule has 1 saturated heterocycles. The summed E-state index contributed by atoms with van der Waals surface area (Å²) in [5.41, 5.74) is 1.69. The van der Waals surface area contributed by atoms with Crippen molar-refractivity contribution in [1.82, 2.24) is 19.4 Å². The van der Waals surface area contributed by atoms with Gasteiger partial charge >= 0.3 is 12.0 Å². The first kappa shape index (κ1) is 26.2. The summed E-state index contributed by atoms with van der Waals surface area (Å²) in [6.45, 7) is 3.69. The van der Waals surface area contributed by atoms with Gasteiger partial charge in [0.15, 0.2) is 0 Å². The van der Waals surface area contributed by atoms with Crippen molar-refractivity contribution in [2.24, 2.45) is 0 Å². The highest BCUT2D eigenvalue weighted by Gasteiger charge is 2.38. The number of esters is 1. The Morgan fingerprint density at radius 3 is 2.31 bits per heavy atom. The maximum absolute atomic E-state index is 13.1. The Kier molecular flexibility index (Phi) is 7.99. The molecule has 4 rings (SSSR count). The molecule has 2 heterocycles. The number of nitrogens with zero attached hydrogens (tertiary/aromatic N) is 3. The summed E-state index contributed by atoms with van der Waals surface area (Å²) in [4.78, 5) is 29.6. The van der Waals surface area contributed by atoms with E-state index in [1.54, 1.807) is 26.1 Å². The molecule has 0 radical (unpaired) electrons. The van der Waals surface area contributed by atoms with E-state index in [0.29, 0.717) is 35.9 Å². The molecule has 2 aromatic carbocycles. The number of hydrogen-bond acceptors (Lipinski definition) is 6. The number of benzene rings is 2. The summed E-state index contributed by atoms with van der Waals surface area (Å²) in [5.74, 6) is -0.489. The summed E-state index contributed by atoms with van der Waals surface area (Å²) in [5, 5.41) is 3.37. The van der Waals surface area contributed by atoms with Gasteiger partial charge in [-0.2, -0.15) is 4.31 Å². The van der Waals surface area contributed by atoms with Crippen molar-refractivity contribution in [1.29, 1.82) is 0 Å². The number of nitrogens with one attached hydrogen (secondary N) is 1. The van der Waals surface area contributed by atoms with Crippen molar-refractivity contribution < 1.29 is 22.7 Å². The maximum atomic E-state index is 13.1. The smallest absolute Gasteiger partial charge is 0.338 e. The predicted molar refractivity (Wildman–Crippen MR) is 136 cm³/mol. The Morgan fingerprint density at radius 1 is 1.06 bits per heavy atom. The number of sulfonamides is 1.